The van der Waals surface area contributed by atoms with Crippen molar-refractivity contribution in [2.45, 2.75) is 45.3 Å². The SMILES string of the molecule is CC(C)(C)OCCN1CC2NCCCC2C1=O. The van der Waals surface area contributed by atoms with Crippen LogP contribution in [0.3, 0.4) is 0 Å². The van der Waals surface area contributed by atoms with Crippen molar-refractivity contribution in [3.8, 4) is 0 Å². The molecule has 2 rings (SSSR count). The first-order valence-electron chi connectivity index (χ1n) is 6.63. The van der Waals surface area contributed by atoms with Gasteiger partial charge in [0.15, 0.2) is 0 Å². The first-order chi connectivity index (χ1) is 7.97. The summed E-state index contributed by atoms with van der Waals surface area (Å²) in [6.07, 6.45) is 2.17. The fraction of sp³-hybridized carbons (Fsp3) is 0.923. The summed E-state index contributed by atoms with van der Waals surface area (Å²) in [5, 5.41) is 3.44. The van der Waals surface area contributed by atoms with Crippen LogP contribution in [0.1, 0.15) is 33.6 Å². The second-order valence-electron chi connectivity index (χ2n) is 6.05. The summed E-state index contributed by atoms with van der Waals surface area (Å²) in [6, 6.07) is 0.380. The van der Waals surface area contributed by atoms with Crippen LogP contribution in [-0.4, -0.2) is 48.7 Å². The average molecular weight is 240 g/mol. The Bertz CT molecular complexity index is 286. The summed E-state index contributed by atoms with van der Waals surface area (Å²) in [4.78, 5) is 14.1. The van der Waals surface area contributed by atoms with Gasteiger partial charge in [-0.1, -0.05) is 0 Å². The molecule has 2 aliphatic rings. The molecule has 2 atom stereocenters. The molecule has 0 aromatic carbocycles. The Morgan fingerprint density at radius 3 is 2.88 bits per heavy atom. The molecule has 0 aliphatic carbocycles. The normalized spacial score (nSPS) is 29.6. The number of hydrogen-bond acceptors (Lipinski definition) is 3. The fourth-order valence-corrected chi connectivity index (χ4v) is 2.67. The predicted octanol–water partition coefficient (Wildman–Crippen LogP) is 1.01. The number of carbonyl (C=O) groups is 1. The van der Waals surface area contributed by atoms with Crippen LogP contribution >= 0.6 is 0 Å². The Morgan fingerprint density at radius 1 is 1.47 bits per heavy atom. The number of nitrogens with one attached hydrogen (secondary N) is 1. The highest BCUT2D eigenvalue weighted by Crippen LogP contribution is 2.26. The van der Waals surface area contributed by atoms with Gasteiger partial charge in [-0.15, -0.1) is 0 Å². The van der Waals surface area contributed by atoms with Crippen molar-refractivity contribution in [2.75, 3.05) is 26.2 Å². The van der Waals surface area contributed by atoms with Crippen LogP contribution in [0.4, 0.5) is 0 Å². The minimum atomic E-state index is -0.117. The second-order valence-corrected chi connectivity index (χ2v) is 6.05. The number of carbonyl (C=O) groups excluding carboxylic acids is 1. The van der Waals surface area contributed by atoms with Crippen molar-refractivity contribution in [1.82, 2.24) is 10.2 Å². The van der Waals surface area contributed by atoms with Crippen LogP contribution in [0.5, 0.6) is 0 Å². The van der Waals surface area contributed by atoms with Crippen molar-refractivity contribution in [3.05, 3.63) is 0 Å². The van der Waals surface area contributed by atoms with Gasteiger partial charge in [0.25, 0.3) is 0 Å². The third kappa shape index (κ3) is 3.19. The monoisotopic (exact) mass is 240 g/mol. The van der Waals surface area contributed by atoms with Crippen LogP contribution < -0.4 is 5.32 Å². The van der Waals surface area contributed by atoms with E-state index in [-0.39, 0.29) is 11.5 Å². The third-order valence-electron chi connectivity index (χ3n) is 3.53. The molecule has 98 valence electrons. The Balaban J connectivity index is 1.80. The van der Waals surface area contributed by atoms with Crippen molar-refractivity contribution >= 4 is 5.91 Å². The first-order valence-corrected chi connectivity index (χ1v) is 6.63. The van der Waals surface area contributed by atoms with Crippen molar-refractivity contribution in [3.63, 3.8) is 0 Å². The summed E-state index contributed by atoms with van der Waals surface area (Å²) in [5.41, 5.74) is -0.117. The summed E-state index contributed by atoms with van der Waals surface area (Å²) in [6.45, 7) is 9.40. The van der Waals surface area contributed by atoms with Gasteiger partial charge in [0.05, 0.1) is 18.1 Å². The molecule has 2 heterocycles. The van der Waals surface area contributed by atoms with E-state index in [4.69, 9.17) is 4.74 Å². The number of likely N-dealkylation sites (tertiary alicyclic amines) is 1. The number of ether oxygens (including phenoxy) is 1. The van der Waals surface area contributed by atoms with E-state index in [1.165, 1.54) is 0 Å². The molecule has 0 spiro atoms. The van der Waals surface area contributed by atoms with Gasteiger partial charge in [0, 0.05) is 19.1 Å². The number of hydrogen-bond donors (Lipinski definition) is 1. The summed E-state index contributed by atoms with van der Waals surface area (Å²) in [7, 11) is 0. The van der Waals surface area contributed by atoms with Gasteiger partial charge in [-0.2, -0.15) is 0 Å². The second kappa shape index (κ2) is 4.94. The molecule has 17 heavy (non-hydrogen) atoms. The summed E-state index contributed by atoms with van der Waals surface area (Å²) >= 11 is 0. The highest BCUT2D eigenvalue weighted by molar-refractivity contribution is 5.82. The maximum absolute atomic E-state index is 12.1. The van der Waals surface area contributed by atoms with Gasteiger partial charge in [0.2, 0.25) is 5.91 Å². The van der Waals surface area contributed by atoms with E-state index in [0.717, 1.165) is 32.5 Å². The van der Waals surface area contributed by atoms with Crippen LogP contribution in [0.25, 0.3) is 0 Å². The summed E-state index contributed by atoms with van der Waals surface area (Å²) < 4.78 is 5.68. The Labute approximate surface area is 104 Å². The maximum Gasteiger partial charge on any atom is 0.227 e. The molecule has 1 amide bonds. The number of fused-ring (bicyclic) bond motifs is 1. The van der Waals surface area contributed by atoms with Gasteiger partial charge in [-0.3, -0.25) is 4.79 Å². The molecular weight excluding hydrogens is 216 g/mol. The molecule has 2 fully saturated rings. The zero-order chi connectivity index (χ0) is 12.5. The lowest BCUT2D eigenvalue weighted by Gasteiger charge is -2.23. The molecule has 1 N–H and O–H groups in total. The first kappa shape index (κ1) is 12.8. The van der Waals surface area contributed by atoms with Gasteiger partial charge in [-0.05, 0) is 40.2 Å². The van der Waals surface area contributed by atoms with Crippen LogP contribution in [0, 0.1) is 5.92 Å². The van der Waals surface area contributed by atoms with Crippen molar-refractivity contribution in [1.29, 1.82) is 0 Å². The molecule has 0 radical (unpaired) electrons. The van der Waals surface area contributed by atoms with E-state index in [9.17, 15) is 4.79 Å². The molecule has 2 saturated heterocycles. The Morgan fingerprint density at radius 2 is 2.24 bits per heavy atom. The van der Waals surface area contributed by atoms with Crippen LogP contribution in [0.2, 0.25) is 0 Å². The number of amides is 1. The highest BCUT2D eigenvalue weighted by Gasteiger charge is 2.40. The standard InChI is InChI=1S/C13H24N2O2/c1-13(2,3)17-8-7-15-9-11-10(12(15)16)5-4-6-14-11/h10-11,14H,4-9H2,1-3H3. The van der Waals surface area contributed by atoms with Gasteiger partial charge < -0.3 is 15.0 Å². The number of rotatable bonds is 3. The highest BCUT2D eigenvalue weighted by atomic mass is 16.5. The van der Waals surface area contributed by atoms with E-state index in [2.05, 4.69) is 5.32 Å². The minimum Gasteiger partial charge on any atom is -0.374 e. The molecule has 0 aromatic heterocycles. The average Bonchev–Trinajstić information content (AvgIpc) is 2.55. The Hall–Kier alpha value is -0.610. The lowest BCUT2D eigenvalue weighted by Crippen LogP contribution is -2.41. The predicted molar refractivity (Wildman–Crippen MR) is 66.8 cm³/mol. The maximum atomic E-state index is 12.1. The molecule has 4 heteroatoms. The van der Waals surface area contributed by atoms with Gasteiger partial charge >= 0.3 is 0 Å². The zero-order valence-corrected chi connectivity index (χ0v) is 11.2. The van der Waals surface area contributed by atoms with Crippen LogP contribution in [-0.2, 0) is 9.53 Å². The smallest absolute Gasteiger partial charge is 0.227 e. The molecular formula is C13H24N2O2. The minimum absolute atomic E-state index is 0.117. The number of piperidine rings is 1. The van der Waals surface area contributed by atoms with E-state index in [1.807, 2.05) is 25.7 Å². The topological polar surface area (TPSA) is 41.6 Å². The fourth-order valence-electron chi connectivity index (χ4n) is 2.67. The quantitative estimate of drug-likeness (QED) is 0.800. The Kier molecular flexibility index (Phi) is 3.73. The zero-order valence-electron chi connectivity index (χ0n) is 11.2. The molecule has 0 saturated carbocycles. The van der Waals surface area contributed by atoms with Crippen molar-refractivity contribution in [2.24, 2.45) is 5.92 Å². The largest absolute Gasteiger partial charge is 0.374 e. The van der Waals surface area contributed by atoms with E-state index >= 15 is 0 Å². The molecule has 0 bridgehead atoms. The lowest BCUT2D eigenvalue weighted by atomic mass is 9.94. The van der Waals surface area contributed by atoms with E-state index in [0.29, 0.717) is 18.6 Å². The van der Waals surface area contributed by atoms with Crippen molar-refractivity contribution < 1.29 is 9.53 Å². The van der Waals surface area contributed by atoms with E-state index < -0.39 is 0 Å². The molecule has 4 nitrogen and oxygen atoms in total. The number of nitrogens with zero attached hydrogens (tertiary/aromatic N) is 1. The van der Waals surface area contributed by atoms with Gasteiger partial charge in [0.1, 0.15) is 0 Å². The lowest BCUT2D eigenvalue weighted by molar-refractivity contribution is -0.132. The summed E-state index contributed by atoms with van der Waals surface area (Å²) in [5.74, 6) is 0.540. The molecule has 2 unspecified atom stereocenters. The van der Waals surface area contributed by atoms with Gasteiger partial charge in [-0.25, -0.2) is 0 Å². The third-order valence-corrected chi connectivity index (χ3v) is 3.53. The molecule has 0 aromatic rings. The van der Waals surface area contributed by atoms with E-state index in [1.54, 1.807) is 0 Å². The molecule has 2 aliphatic heterocycles. The van der Waals surface area contributed by atoms with Crippen LogP contribution in [0.15, 0.2) is 0 Å².